The Morgan fingerprint density at radius 2 is 2.23 bits per heavy atom. The lowest BCUT2D eigenvalue weighted by Crippen LogP contribution is -2.22. The quantitative estimate of drug-likeness (QED) is 0.700. The number of nitrogens with two attached hydrogens (primary N) is 1. The van der Waals surface area contributed by atoms with Gasteiger partial charge in [-0.25, -0.2) is 4.39 Å². The van der Waals surface area contributed by atoms with Crippen LogP contribution in [0.2, 0.25) is 0 Å². The predicted octanol–water partition coefficient (Wildman–Crippen LogP) is 1.89. The first-order valence-electron chi connectivity index (χ1n) is 4.77. The van der Waals surface area contributed by atoms with Crippen molar-refractivity contribution in [1.29, 1.82) is 0 Å². The molecule has 2 N–H and O–H groups in total. The second kappa shape index (κ2) is 3.46. The molecule has 0 aromatic heterocycles. The lowest BCUT2D eigenvalue weighted by atomic mass is 9.84. The Morgan fingerprint density at radius 3 is 3.00 bits per heavy atom. The van der Waals surface area contributed by atoms with E-state index in [-0.39, 0.29) is 5.82 Å². The smallest absolute Gasteiger partial charge is 0.123 e. The molecule has 0 saturated carbocycles. The maximum absolute atomic E-state index is 12.8. The van der Waals surface area contributed by atoms with Gasteiger partial charge >= 0.3 is 0 Å². The average Bonchev–Trinajstić information content (AvgIpc) is 2.17. The fourth-order valence-corrected chi connectivity index (χ4v) is 2.00. The van der Waals surface area contributed by atoms with Crippen molar-refractivity contribution < 1.29 is 4.39 Å². The first-order valence-corrected chi connectivity index (χ1v) is 4.77. The van der Waals surface area contributed by atoms with E-state index < -0.39 is 0 Å². The van der Waals surface area contributed by atoms with Crippen LogP contribution in [0.5, 0.6) is 0 Å². The highest BCUT2D eigenvalue weighted by Crippen LogP contribution is 2.25. The molecule has 1 aliphatic rings. The van der Waals surface area contributed by atoms with E-state index in [0.29, 0.717) is 5.92 Å². The van der Waals surface area contributed by atoms with Gasteiger partial charge in [0.15, 0.2) is 0 Å². The van der Waals surface area contributed by atoms with E-state index in [0.717, 1.165) is 25.8 Å². The molecule has 0 spiro atoms. The van der Waals surface area contributed by atoms with Crippen LogP contribution in [0.25, 0.3) is 0 Å². The van der Waals surface area contributed by atoms with Crippen LogP contribution in [0.15, 0.2) is 18.2 Å². The van der Waals surface area contributed by atoms with E-state index in [1.165, 1.54) is 17.2 Å². The third-order valence-electron chi connectivity index (χ3n) is 2.83. The van der Waals surface area contributed by atoms with Gasteiger partial charge < -0.3 is 5.73 Å². The summed E-state index contributed by atoms with van der Waals surface area (Å²) in [7, 11) is 0. The Morgan fingerprint density at radius 1 is 1.38 bits per heavy atom. The molecule has 0 radical (unpaired) electrons. The molecule has 1 aromatic carbocycles. The fourth-order valence-electron chi connectivity index (χ4n) is 2.00. The number of halogens is 1. The number of hydrogen-bond donors (Lipinski definition) is 1. The summed E-state index contributed by atoms with van der Waals surface area (Å²) in [5.41, 5.74) is 8.07. The summed E-state index contributed by atoms with van der Waals surface area (Å²) in [5.74, 6) is 0.475. The van der Waals surface area contributed by atoms with Crippen LogP contribution in [0.4, 0.5) is 4.39 Å². The third-order valence-corrected chi connectivity index (χ3v) is 2.83. The number of aryl methyl sites for hydroxylation is 1. The molecule has 0 heterocycles. The molecule has 0 bridgehead atoms. The van der Waals surface area contributed by atoms with E-state index in [9.17, 15) is 4.39 Å². The van der Waals surface area contributed by atoms with Crippen LogP contribution in [-0.2, 0) is 12.8 Å². The molecule has 2 heteroatoms. The summed E-state index contributed by atoms with van der Waals surface area (Å²) >= 11 is 0. The molecule has 70 valence electrons. The van der Waals surface area contributed by atoms with E-state index in [4.69, 9.17) is 5.73 Å². The van der Waals surface area contributed by atoms with Gasteiger partial charge in [0, 0.05) is 0 Å². The molecule has 1 nitrogen and oxygen atoms in total. The van der Waals surface area contributed by atoms with Crippen molar-refractivity contribution in [3.63, 3.8) is 0 Å². The summed E-state index contributed by atoms with van der Waals surface area (Å²) < 4.78 is 12.8. The van der Waals surface area contributed by atoms with Crippen molar-refractivity contribution in [1.82, 2.24) is 0 Å². The molecule has 1 unspecified atom stereocenters. The monoisotopic (exact) mass is 179 g/mol. The maximum Gasteiger partial charge on any atom is 0.123 e. The Hall–Kier alpha value is -0.890. The van der Waals surface area contributed by atoms with Gasteiger partial charge in [0.2, 0.25) is 0 Å². The summed E-state index contributed by atoms with van der Waals surface area (Å²) in [6, 6.07) is 5.09. The zero-order valence-corrected chi connectivity index (χ0v) is 7.59. The van der Waals surface area contributed by atoms with Gasteiger partial charge in [-0.2, -0.15) is 0 Å². The normalized spacial score (nSPS) is 21.2. The summed E-state index contributed by atoms with van der Waals surface area (Å²) in [5, 5.41) is 0. The molecule has 0 saturated heterocycles. The molecule has 0 amide bonds. The Kier molecular flexibility index (Phi) is 2.32. The van der Waals surface area contributed by atoms with Gasteiger partial charge in [0.05, 0.1) is 0 Å². The van der Waals surface area contributed by atoms with Gasteiger partial charge in [0.1, 0.15) is 5.82 Å². The van der Waals surface area contributed by atoms with Crippen molar-refractivity contribution in [3.8, 4) is 0 Å². The van der Waals surface area contributed by atoms with Crippen LogP contribution in [0.1, 0.15) is 17.5 Å². The highest BCUT2D eigenvalue weighted by Gasteiger charge is 2.17. The highest BCUT2D eigenvalue weighted by molar-refractivity contribution is 5.30. The first-order chi connectivity index (χ1) is 6.29. The third kappa shape index (κ3) is 1.73. The van der Waals surface area contributed by atoms with Gasteiger partial charge in [-0.05, 0) is 55.0 Å². The standard InChI is InChI=1S/C11H14FN/c12-11-4-3-9-5-8(7-13)1-2-10(9)6-11/h3-4,6,8H,1-2,5,7,13H2. The van der Waals surface area contributed by atoms with Gasteiger partial charge in [-0.1, -0.05) is 6.07 Å². The molecule has 0 fully saturated rings. The second-order valence-electron chi connectivity index (χ2n) is 3.76. The maximum atomic E-state index is 12.8. The van der Waals surface area contributed by atoms with Crippen LogP contribution in [0.3, 0.4) is 0 Å². The van der Waals surface area contributed by atoms with Crippen LogP contribution >= 0.6 is 0 Å². The minimum atomic E-state index is -0.120. The molecule has 1 atom stereocenters. The summed E-state index contributed by atoms with van der Waals surface area (Å²) in [4.78, 5) is 0. The van der Waals surface area contributed by atoms with Crippen molar-refractivity contribution in [2.24, 2.45) is 11.7 Å². The molecule has 1 aromatic rings. The van der Waals surface area contributed by atoms with Crippen LogP contribution in [0, 0.1) is 11.7 Å². The lowest BCUT2D eigenvalue weighted by molar-refractivity contribution is 0.466. The molecular weight excluding hydrogens is 165 g/mol. The highest BCUT2D eigenvalue weighted by atomic mass is 19.1. The van der Waals surface area contributed by atoms with E-state index >= 15 is 0 Å². The molecule has 0 aliphatic heterocycles. The molecular formula is C11H14FN. The number of benzene rings is 1. The van der Waals surface area contributed by atoms with E-state index in [2.05, 4.69) is 0 Å². The minimum Gasteiger partial charge on any atom is -0.330 e. The fraction of sp³-hybridized carbons (Fsp3) is 0.455. The molecule has 2 rings (SSSR count). The van der Waals surface area contributed by atoms with Crippen molar-refractivity contribution >= 4 is 0 Å². The average molecular weight is 179 g/mol. The zero-order valence-electron chi connectivity index (χ0n) is 7.59. The van der Waals surface area contributed by atoms with Gasteiger partial charge in [-0.3, -0.25) is 0 Å². The lowest BCUT2D eigenvalue weighted by Gasteiger charge is -2.23. The largest absolute Gasteiger partial charge is 0.330 e. The topological polar surface area (TPSA) is 26.0 Å². The number of hydrogen-bond acceptors (Lipinski definition) is 1. The number of fused-ring (bicyclic) bond motifs is 1. The second-order valence-corrected chi connectivity index (χ2v) is 3.76. The zero-order chi connectivity index (χ0) is 9.26. The Labute approximate surface area is 77.8 Å². The van der Waals surface area contributed by atoms with Crippen LogP contribution < -0.4 is 5.73 Å². The van der Waals surface area contributed by atoms with E-state index in [1.54, 1.807) is 6.07 Å². The Balaban J connectivity index is 2.26. The predicted molar refractivity (Wildman–Crippen MR) is 51.0 cm³/mol. The summed E-state index contributed by atoms with van der Waals surface area (Å²) in [6.07, 6.45) is 3.11. The summed E-state index contributed by atoms with van der Waals surface area (Å²) in [6.45, 7) is 0.747. The minimum absolute atomic E-state index is 0.120. The van der Waals surface area contributed by atoms with Crippen molar-refractivity contribution in [2.45, 2.75) is 19.3 Å². The SMILES string of the molecule is NCC1CCc2cc(F)ccc2C1. The Bertz CT molecular complexity index is 309. The van der Waals surface area contributed by atoms with Crippen LogP contribution in [-0.4, -0.2) is 6.54 Å². The van der Waals surface area contributed by atoms with E-state index in [1.807, 2.05) is 6.07 Å². The molecule has 1 aliphatic carbocycles. The first kappa shape index (κ1) is 8.70. The number of rotatable bonds is 1. The van der Waals surface area contributed by atoms with Crippen molar-refractivity contribution in [3.05, 3.63) is 35.1 Å². The van der Waals surface area contributed by atoms with Gasteiger partial charge in [-0.15, -0.1) is 0 Å². The van der Waals surface area contributed by atoms with Gasteiger partial charge in [0.25, 0.3) is 0 Å². The molecule has 13 heavy (non-hydrogen) atoms. The van der Waals surface area contributed by atoms with Crippen molar-refractivity contribution in [2.75, 3.05) is 6.54 Å².